The summed E-state index contributed by atoms with van der Waals surface area (Å²) in [5, 5.41) is 7.68. The largest absolute Gasteiger partial charge is 0.308 e. The highest BCUT2D eigenvalue weighted by atomic mass is 35.5. The van der Waals surface area contributed by atoms with Gasteiger partial charge in [0.2, 0.25) is 0 Å². The molecule has 0 amide bonds. The van der Waals surface area contributed by atoms with Crippen LogP contribution in [0.4, 0.5) is 0 Å². The van der Waals surface area contributed by atoms with E-state index in [-0.39, 0.29) is 0 Å². The third-order valence-electron chi connectivity index (χ3n) is 2.87. The monoisotopic (exact) mass is 298 g/mol. The van der Waals surface area contributed by atoms with Gasteiger partial charge in [0.15, 0.2) is 0 Å². The molecule has 0 unspecified atom stereocenters. The van der Waals surface area contributed by atoms with Gasteiger partial charge in [-0.05, 0) is 25.0 Å². The average molecular weight is 299 g/mol. The zero-order valence-corrected chi connectivity index (χ0v) is 11.9. The first-order valence-electron chi connectivity index (χ1n) is 5.85. The van der Waals surface area contributed by atoms with Crippen LogP contribution in [0.3, 0.4) is 0 Å². The van der Waals surface area contributed by atoms with Crippen LogP contribution in [0.5, 0.6) is 0 Å². The van der Waals surface area contributed by atoms with E-state index in [2.05, 4.69) is 15.7 Å². The summed E-state index contributed by atoms with van der Waals surface area (Å²) in [6.45, 7) is 0.850. The van der Waals surface area contributed by atoms with Crippen molar-refractivity contribution >= 4 is 34.5 Å². The maximum atomic E-state index is 6.01. The molecule has 2 aromatic rings. The van der Waals surface area contributed by atoms with Gasteiger partial charge in [-0.15, -0.1) is 11.3 Å². The molecule has 1 aliphatic rings. The highest BCUT2D eigenvalue weighted by Crippen LogP contribution is 2.30. The number of hydrogen-bond acceptors (Lipinski definition) is 3. The molecule has 1 aromatic carbocycles. The van der Waals surface area contributed by atoms with Crippen LogP contribution < -0.4 is 5.32 Å². The number of benzene rings is 1. The van der Waals surface area contributed by atoms with Crippen molar-refractivity contribution in [3.05, 3.63) is 39.3 Å². The third kappa shape index (κ3) is 2.86. The number of nitrogens with one attached hydrogen (secondary N) is 1. The highest BCUT2D eigenvalue weighted by Gasteiger charge is 2.20. The molecule has 1 fully saturated rings. The van der Waals surface area contributed by atoms with E-state index in [4.69, 9.17) is 23.2 Å². The van der Waals surface area contributed by atoms with E-state index in [1.165, 1.54) is 12.8 Å². The highest BCUT2D eigenvalue weighted by molar-refractivity contribution is 7.13. The Labute approximate surface area is 120 Å². The molecule has 2 nitrogen and oxygen atoms in total. The van der Waals surface area contributed by atoms with Gasteiger partial charge in [-0.3, -0.25) is 0 Å². The van der Waals surface area contributed by atoms with Crippen molar-refractivity contribution in [2.24, 2.45) is 0 Å². The number of nitrogens with zero attached hydrogens (tertiary/aromatic N) is 1. The summed E-state index contributed by atoms with van der Waals surface area (Å²) >= 11 is 13.6. The molecule has 0 saturated heterocycles. The molecule has 1 saturated carbocycles. The Morgan fingerprint density at radius 3 is 2.83 bits per heavy atom. The lowest BCUT2D eigenvalue weighted by Gasteiger charge is -2.00. The zero-order valence-electron chi connectivity index (χ0n) is 9.62. The molecule has 0 atom stereocenters. The Kier molecular flexibility index (Phi) is 3.57. The van der Waals surface area contributed by atoms with Crippen LogP contribution in [-0.4, -0.2) is 11.0 Å². The van der Waals surface area contributed by atoms with Gasteiger partial charge < -0.3 is 5.32 Å². The number of thiazole rings is 1. The first kappa shape index (κ1) is 12.4. The van der Waals surface area contributed by atoms with E-state index in [1.807, 2.05) is 18.2 Å². The summed E-state index contributed by atoms with van der Waals surface area (Å²) in [7, 11) is 0. The molecule has 1 heterocycles. The van der Waals surface area contributed by atoms with Crippen molar-refractivity contribution in [2.75, 3.05) is 0 Å². The summed E-state index contributed by atoms with van der Waals surface area (Å²) in [4.78, 5) is 4.61. The van der Waals surface area contributed by atoms with Crippen molar-refractivity contribution in [1.82, 2.24) is 10.3 Å². The van der Waals surface area contributed by atoms with Crippen LogP contribution in [0, 0.1) is 0 Å². The second-order valence-electron chi connectivity index (χ2n) is 4.43. The fraction of sp³-hybridized carbons (Fsp3) is 0.308. The molecule has 94 valence electrons. The summed E-state index contributed by atoms with van der Waals surface area (Å²) in [5.74, 6) is 0. The second-order valence-corrected chi connectivity index (χ2v) is 6.10. The molecule has 18 heavy (non-hydrogen) atoms. The number of rotatable bonds is 4. The maximum absolute atomic E-state index is 6.01. The summed E-state index contributed by atoms with van der Waals surface area (Å²) in [6.07, 6.45) is 2.59. The zero-order chi connectivity index (χ0) is 12.5. The predicted molar refractivity (Wildman–Crippen MR) is 77.4 cm³/mol. The number of aromatic nitrogens is 1. The van der Waals surface area contributed by atoms with Gasteiger partial charge in [-0.25, -0.2) is 4.98 Å². The van der Waals surface area contributed by atoms with E-state index in [1.54, 1.807) is 11.3 Å². The van der Waals surface area contributed by atoms with E-state index < -0.39 is 0 Å². The minimum atomic E-state index is 0.571. The van der Waals surface area contributed by atoms with Crippen molar-refractivity contribution < 1.29 is 0 Å². The van der Waals surface area contributed by atoms with E-state index >= 15 is 0 Å². The van der Waals surface area contributed by atoms with Crippen LogP contribution in [0.25, 0.3) is 10.6 Å². The second kappa shape index (κ2) is 5.17. The summed E-state index contributed by atoms with van der Waals surface area (Å²) < 4.78 is 0. The summed E-state index contributed by atoms with van der Waals surface area (Å²) in [6, 6.07) is 6.33. The Morgan fingerprint density at radius 1 is 1.28 bits per heavy atom. The van der Waals surface area contributed by atoms with Crippen molar-refractivity contribution in [1.29, 1.82) is 0 Å². The SMILES string of the molecule is Clc1ccc(-c2nc(CNC3CC3)cs2)cc1Cl. The first-order chi connectivity index (χ1) is 8.72. The molecular weight excluding hydrogens is 287 g/mol. The van der Waals surface area contributed by atoms with Gasteiger partial charge in [0.25, 0.3) is 0 Å². The minimum Gasteiger partial charge on any atom is -0.308 e. The molecule has 0 radical (unpaired) electrons. The van der Waals surface area contributed by atoms with Gasteiger partial charge in [0.1, 0.15) is 5.01 Å². The van der Waals surface area contributed by atoms with E-state index in [0.29, 0.717) is 16.1 Å². The third-order valence-corrected chi connectivity index (χ3v) is 4.55. The predicted octanol–water partition coefficient (Wildman–Crippen LogP) is 4.37. The molecule has 5 heteroatoms. The van der Waals surface area contributed by atoms with Gasteiger partial charge in [0.05, 0.1) is 15.7 Å². The lowest BCUT2D eigenvalue weighted by molar-refractivity contribution is 0.678. The Balaban J connectivity index is 1.76. The van der Waals surface area contributed by atoms with Gasteiger partial charge in [0, 0.05) is 23.5 Å². The van der Waals surface area contributed by atoms with Gasteiger partial charge in [-0.1, -0.05) is 29.3 Å². The lowest BCUT2D eigenvalue weighted by atomic mass is 10.2. The molecule has 3 rings (SSSR count). The van der Waals surface area contributed by atoms with Gasteiger partial charge >= 0.3 is 0 Å². The van der Waals surface area contributed by atoms with Crippen LogP contribution in [0.2, 0.25) is 10.0 Å². The van der Waals surface area contributed by atoms with E-state index in [0.717, 1.165) is 22.8 Å². The van der Waals surface area contributed by atoms with Gasteiger partial charge in [-0.2, -0.15) is 0 Å². The van der Waals surface area contributed by atoms with Crippen molar-refractivity contribution in [3.63, 3.8) is 0 Å². The Bertz CT molecular complexity index is 564. The Hall–Kier alpha value is -0.610. The molecular formula is C13H12Cl2N2S. The average Bonchev–Trinajstić information content (AvgIpc) is 3.08. The first-order valence-corrected chi connectivity index (χ1v) is 7.49. The molecule has 0 spiro atoms. The van der Waals surface area contributed by atoms with Crippen molar-refractivity contribution in [2.45, 2.75) is 25.4 Å². The normalized spacial score (nSPS) is 15.0. The molecule has 1 N–H and O–H groups in total. The van der Waals surface area contributed by atoms with Crippen LogP contribution in [0.15, 0.2) is 23.6 Å². The van der Waals surface area contributed by atoms with Crippen LogP contribution in [-0.2, 0) is 6.54 Å². The van der Waals surface area contributed by atoms with Crippen LogP contribution >= 0.6 is 34.5 Å². The van der Waals surface area contributed by atoms with Crippen molar-refractivity contribution in [3.8, 4) is 10.6 Å². The standard InChI is InChI=1S/C13H12Cl2N2S/c14-11-4-1-8(5-12(11)15)13-17-10(7-18-13)6-16-9-2-3-9/h1,4-5,7,9,16H,2-3,6H2. The Morgan fingerprint density at radius 2 is 2.11 bits per heavy atom. The van der Waals surface area contributed by atoms with Crippen LogP contribution in [0.1, 0.15) is 18.5 Å². The minimum absolute atomic E-state index is 0.571. The fourth-order valence-electron chi connectivity index (χ4n) is 1.69. The molecule has 1 aromatic heterocycles. The number of halogens is 2. The maximum Gasteiger partial charge on any atom is 0.123 e. The fourth-order valence-corrected chi connectivity index (χ4v) is 2.80. The van der Waals surface area contributed by atoms with E-state index in [9.17, 15) is 0 Å². The topological polar surface area (TPSA) is 24.9 Å². The lowest BCUT2D eigenvalue weighted by Crippen LogP contribution is -2.15. The molecule has 0 aliphatic heterocycles. The summed E-state index contributed by atoms with van der Waals surface area (Å²) in [5.41, 5.74) is 2.11. The smallest absolute Gasteiger partial charge is 0.123 e. The molecule has 0 bridgehead atoms. The quantitative estimate of drug-likeness (QED) is 0.907. The molecule has 1 aliphatic carbocycles. The number of hydrogen-bond donors (Lipinski definition) is 1.